The lowest BCUT2D eigenvalue weighted by molar-refractivity contribution is -0.132. The van der Waals surface area contributed by atoms with Crippen molar-refractivity contribution in [3.63, 3.8) is 0 Å². The highest BCUT2D eigenvalue weighted by molar-refractivity contribution is 9.10. The third-order valence-electron chi connectivity index (χ3n) is 3.34. The summed E-state index contributed by atoms with van der Waals surface area (Å²) in [5.74, 6) is 0.750. The van der Waals surface area contributed by atoms with E-state index in [4.69, 9.17) is 4.74 Å². The van der Waals surface area contributed by atoms with Gasteiger partial charge in [0, 0.05) is 29.2 Å². The first-order chi connectivity index (χ1) is 9.53. The SMILES string of the molecule is CCN(CC)C(=O)COc1cc(Br)ccc1C(C)NC. The molecular weight excluding hydrogens is 320 g/mol. The van der Waals surface area contributed by atoms with Crippen LogP contribution in [-0.2, 0) is 4.79 Å². The van der Waals surface area contributed by atoms with Crippen molar-refractivity contribution < 1.29 is 9.53 Å². The maximum Gasteiger partial charge on any atom is 0.260 e. The van der Waals surface area contributed by atoms with Crippen LogP contribution in [0.5, 0.6) is 5.75 Å². The number of nitrogens with one attached hydrogen (secondary N) is 1. The summed E-state index contributed by atoms with van der Waals surface area (Å²) in [7, 11) is 1.90. The smallest absolute Gasteiger partial charge is 0.260 e. The van der Waals surface area contributed by atoms with Gasteiger partial charge in [-0.3, -0.25) is 4.79 Å². The Bertz CT molecular complexity index is 447. The predicted molar refractivity (Wildman–Crippen MR) is 85.0 cm³/mol. The van der Waals surface area contributed by atoms with Crippen LogP contribution in [0, 0.1) is 0 Å². The lowest BCUT2D eigenvalue weighted by atomic mass is 10.1. The molecular formula is C15H23BrN2O2. The van der Waals surface area contributed by atoms with E-state index in [0.717, 1.165) is 15.8 Å². The van der Waals surface area contributed by atoms with E-state index in [1.54, 1.807) is 4.90 Å². The summed E-state index contributed by atoms with van der Waals surface area (Å²) >= 11 is 3.43. The lowest BCUT2D eigenvalue weighted by Gasteiger charge is -2.20. The van der Waals surface area contributed by atoms with E-state index in [2.05, 4.69) is 28.2 Å². The first kappa shape index (κ1) is 17.0. The fourth-order valence-corrected chi connectivity index (χ4v) is 2.29. The normalized spacial score (nSPS) is 12.1. The fourth-order valence-electron chi connectivity index (χ4n) is 1.95. The predicted octanol–water partition coefficient (Wildman–Crippen LogP) is 2.98. The van der Waals surface area contributed by atoms with Crippen LogP contribution in [-0.4, -0.2) is 37.6 Å². The number of nitrogens with zero attached hydrogens (tertiary/aromatic N) is 1. The molecule has 1 unspecified atom stereocenters. The summed E-state index contributed by atoms with van der Waals surface area (Å²) in [5, 5.41) is 3.18. The van der Waals surface area contributed by atoms with Gasteiger partial charge < -0.3 is 15.0 Å². The van der Waals surface area contributed by atoms with Crippen LogP contribution in [0.3, 0.4) is 0 Å². The molecule has 0 heterocycles. The zero-order valence-corrected chi connectivity index (χ0v) is 14.2. The monoisotopic (exact) mass is 342 g/mol. The zero-order valence-electron chi connectivity index (χ0n) is 12.6. The van der Waals surface area contributed by atoms with Crippen LogP contribution in [0.2, 0.25) is 0 Å². The van der Waals surface area contributed by atoms with Gasteiger partial charge in [-0.1, -0.05) is 22.0 Å². The van der Waals surface area contributed by atoms with Crippen molar-refractivity contribution in [2.45, 2.75) is 26.8 Å². The second kappa shape index (κ2) is 8.27. The Morgan fingerprint density at radius 3 is 2.60 bits per heavy atom. The Morgan fingerprint density at radius 1 is 1.40 bits per heavy atom. The summed E-state index contributed by atoms with van der Waals surface area (Å²) in [5.41, 5.74) is 1.04. The minimum Gasteiger partial charge on any atom is -0.483 e. The number of benzene rings is 1. The molecule has 112 valence electrons. The molecule has 0 saturated carbocycles. The number of amides is 1. The van der Waals surface area contributed by atoms with Crippen molar-refractivity contribution in [2.24, 2.45) is 0 Å². The quantitative estimate of drug-likeness (QED) is 0.828. The van der Waals surface area contributed by atoms with Crippen LogP contribution < -0.4 is 10.1 Å². The number of ether oxygens (including phenoxy) is 1. The molecule has 1 rings (SSSR count). The molecule has 0 aliphatic carbocycles. The minimum atomic E-state index is 0.0121. The van der Waals surface area contributed by atoms with Crippen molar-refractivity contribution in [1.82, 2.24) is 10.2 Å². The fraction of sp³-hybridized carbons (Fsp3) is 0.533. The molecule has 0 bridgehead atoms. The maximum absolute atomic E-state index is 12.0. The van der Waals surface area contributed by atoms with Gasteiger partial charge in [0.25, 0.3) is 5.91 Å². The first-order valence-electron chi connectivity index (χ1n) is 6.90. The number of halogens is 1. The van der Waals surface area contributed by atoms with Gasteiger partial charge in [0.15, 0.2) is 6.61 Å². The number of rotatable bonds is 7. The molecule has 0 radical (unpaired) electrons. The van der Waals surface area contributed by atoms with E-state index in [1.165, 1.54) is 0 Å². The number of hydrogen-bond acceptors (Lipinski definition) is 3. The molecule has 1 aromatic rings. The molecule has 1 aromatic carbocycles. The molecule has 1 atom stereocenters. The van der Waals surface area contributed by atoms with E-state index in [9.17, 15) is 4.79 Å². The summed E-state index contributed by atoms with van der Waals surface area (Å²) in [4.78, 5) is 13.8. The molecule has 0 aliphatic heterocycles. The summed E-state index contributed by atoms with van der Waals surface area (Å²) in [6.45, 7) is 7.47. The molecule has 0 aromatic heterocycles. The second-order valence-corrected chi connectivity index (χ2v) is 5.46. The summed E-state index contributed by atoms with van der Waals surface area (Å²) in [6.07, 6.45) is 0. The van der Waals surface area contributed by atoms with Gasteiger partial charge in [-0.2, -0.15) is 0 Å². The standard InChI is InChI=1S/C15H23BrN2O2/c1-5-18(6-2)15(19)10-20-14-9-12(16)7-8-13(14)11(3)17-4/h7-9,11,17H,5-6,10H2,1-4H3. The van der Waals surface area contributed by atoms with Crippen molar-refractivity contribution in [3.8, 4) is 5.75 Å². The highest BCUT2D eigenvalue weighted by Crippen LogP contribution is 2.28. The van der Waals surface area contributed by atoms with Gasteiger partial charge in [-0.25, -0.2) is 0 Å². The van der Waals surface area contributed by atoms with Gasteiger partial charge in [0.1, 0.15) is 5.75 Å². The maximum atomic E-state index is 12.0. The van der Waals surface area contributed by atoms with Crippen LogP contribution in [0.25, 0.3) is 0 Å². The van der Waals surface area contributed by atoms with E-state index < -0.39 is 0 Å². The van der Waals surface area contributed by atoms with Gasteiger partial charge in [-0.05, 0) is 40.0 Å². The van der Waals surface area contributed by atoms with Crippen LogP contribution in [0.1, 0.15) is 32.4 Å². The van der Waals surface area contributed by atoms with Crippen LogP contribution >= 0.6 is 15.9 Å². The third-order valence-corrected chi connectivity index (χ3v) is 3.84. The van der Waals surface area contributed by atoms with Crippen molar-refractivity contribution in [3.05, 3.63) is 28.2 Å². The Labute approximate surface area is 129 Å². The van der Waals surface area contributed by atoms with E-state index >= 15 is 0 Å². The highest BCUT2D eigenvalue weighted by atomic mass is 79.9. The third kappa shape index (κ3) is 4.49. The van der Waals surface area contributed by atoms with Crippen molar-refractivity contribution in [2.75, 3.05) is 26.7 Å². The average Bonchev–Trinajstić information content (AvgIpc) is 2.45. The van der Waals surface area contributed by atoms with Gasteiger partial charge in [0.05, 0.1) is 0 Å². The molecule has 4 nitrogen and oxygen atoms in total. The largest absolute Gasteiger partial charge is 0.483 e. The molecule has 1 N–H and O–H groups in total. The minimum absolute atomic E-state index is 0.0121. The van der Waals surface area contributed by atoms with Crippen molar-refractivity contribution in [1.29, 1.82) is 0 Å². The topological polar surface area (TPSA) is 41.6 Å². The molecule has 0 saturated heterocycles. The van der Waals surface area contributed by atoms with Crippen LogP contribution in [0.4, 0.5) is 0 Å². The van der Waals surface area contributed by atoms with Gasteiger partial charge >= 0.3 is 0 Å². The second-order valence-electron chi connectivity index (χ2n) is 4.55. The number of carbonyl (C=O) groups excluding carboxylic acids is 1. The Balaban J connectivity index is 2.81. The molecule has 0 spiro atoms. The molecule has 20 heavy (non-hydrogen) atoms. The van der Waals surface area contributed by atoms with E-state index in [0.29, 0.717) is 13.1 Å². The van der Waals surface area contributed by atoms with E-state index in [1.807, 2.05) is 39.1 Å². The summed E-state index contributed by atoms with van der Waals surface area (Å²) in [6, 6.07) is 6.05. The Kier molecular flexibility index (Phi) is 7.02. The molecule has 5 heteroatoms. The number of likely N-dealkylation sites (N-methyl/N-ethyl adjacent to an activating group) is 1. The van der Waals surface area contributed by atoms with Crippen LogP contribution in [0.15, 0.2) is 22.7 Å². The molecule has 0 fully saturated rings. The highest BCUT2D eigenvalue weighted by Gasteiger charge is 2.14. The van der Waals surface area contributed by atoms with Gasteiger partial charge in [-0.15, -0.1) is 0 Å². The lowest BCUT2D eigenvalue weighted by Crippen LogP contribution is -2.34. The Hall–Kier alpha value is -1.07. The summed E-state index contributed by atoms with van der Waals surface area (Å²) < 4.78 is 6.67. The number of carbonyl (C=O) groups is 1. The number of hydrogen-bond donors (Lipinski definition) is 1. The molecule has 1 amide bonds. The Morgan fingerprint density at radius 2 is 2.05 bits per heavy atom. The molecule has 0 aliphatic rings. The van der Waals surface area contributed by atoms with Gasteiger partial charge in [0.2, 0.25) is 0 Å². The average molecular weight is 343 g/mol. The van der Waals surface area contributed by atoms with Crippen molar-refractivity contribution >= 4 is 21.8 Å². The first-order valence-corrected chi connectivity index (χ1v) is 7.70. The van der Waals surface area contributed by atoms with E-state index in [-0.39, 0.29) is 18.6 Å². The zero-order chi connectivity index (χ0) is 15.1.